The van der Waals surface area contributed by atoms with Crippen LogP contribution in [-0.4, -0.2) is 59.8 Å². The van der Waals surface area contributed by atoms with Gasteiger partial charge in [-0.1, -0.05) is 0 Å². The van der Waals surface area contributed by atoms with E-state index in [2.05, 4.69) is 41.1 Å². The van der Waals surface area contributed by atoms with Gasteiger partial charge in [0.2, 0.25) is 12.5 Å². The first-order valence-electron chi connectivity index (χ1n) is 12.9. The molecule has 1 aliphatic carbocycles. The summed E-state index contributed by atoms with van der Waals surface area (Å²) in [5, 5.41) is 10.6. The Morgan fingerprint density at radius 1 is 0.846 bits per heavy atom. The molecule has 0 spiro atoms. The summed E-state index contributed by atoms with van der Waals surface area (Å²) in [5.41, 5.74) is 4.89. The number of benzene rings is 3. The van der Waals surface area contributed by atoms with Crippen molar-refractivity contribution in [3.05, 3.63) is 65.2 Å². The normalized spacial score (nSPS) is 22.5. The summed E-state index contributed by atoms with van der Waals surface area (Å²) in [6, 6.07) is 15.7. The number of methoxy groups -OCH3 is 2. The Bertz CT molecular complexity index is 1400. The molecule has 0 aromatic heterocycles. The van der Waals surface area contributed by atoms with Crippen LogP contribution in [0.15, 0.2) is 48.5 Å². The molecule has 9 heteroatoms. The van der Waals surface area contributed by atoms with Gasteiger partial charge in [0.25, 0.3) is 0 Å². The summed E-state index contributed by atoms with van der Waals surface area (Å²) in [6.45, 7) is 0.441. The molecule has 1 fully saturated rings. The van der Waals surface area contributed by atoms with E-state index in [1.54, 1.807) is 12.1 Å². The number of phenols is 1. The van der Waals surface area contributed by atoms with Crippen molar-refractivity contribution in [3.8, 4) is 28.7 Å². The molecule has 4 atom stereocenters. The van der Waals surface area contributed by atoms with Gasteiger partial charge in [0, 0.05) is 44.4 Å². The number of esters is 1. The van der Waals surface area contributed by atoms with E-state index in [-0.39, 0.29) is 47.9 Å². The molecule has 2 aliphatic heterocycles. The molecule has 0 saturated carbocycles. The molecule has 3 aromatic rings. The first-order valence-corrected chi connectivity index (χ1v) is 12.9. The highest BCUT2D eigenvalue weighted by molar-refractivity contribution is 5.79. The molecule has 6 rings (SSSR count). The van der Waals surface area contributed by atoms with Gasteiger partial charge in [0.05, 0.1) is 32.8 Å². The predicted molar refractivity (Wildman–Crippen MR) is 145 cm³/mol. The zero-order valence-electron chi connectivity index (χ0n) is 22.6. The first kappa shape index (κ1) is 25.0. The van der Waals surface area contributed by atoms with Crippen molar-refractivity contribution in [2.24, 2.45) is 11.8 Å². The maximum Gasteiger partial charge on any atom is 0.310 e. The number of carbonyl (C=O) groups is 1. The standard InChI is InChI=1S/C30H32N2O7/c1-31(2)17-6-8-18(9-7-17)32(3)28-20-13-23-22(38-15-39-23)12-19(20)26(27-21(28)14-37-30(27)34)16-10-24(35-4)29(33)25(11-16)36-5/h6-13,21,26-28,33H,14-15H2,1-5H3/t21?,26-,27+,28-/m1/s1. The van der Waals surface area contributed by atoms with E-state index >= 15 is 0 Å². The van der Waals surface area contributed by atoms with Crippen LogP contribution in [-0.2, 0) is 9.53 Å². The SMILES string of the molecule is COc1cc([C@@H]2c3cc4c(cc3[C@@H](N(C)c3ccc(N(C)C)cc3)C3COC(=O)[C@@H]32)OCO4)cc(OC)c1O. The van der Waals surface area contributed by atoms with Crippen LogP contribution in [0.2, 0.25) is 0 Å². The van der Waals surface area contributed by atoms with Gasteiger partial charge in [-0.3, -0.25) is 4.79 Å². The van der Waals surface area contributed by atoms with Crippen molar-refractivity contribution in [2.75, 3.05) is 58.6 Å². The lowest BCUT2D eigenvalue weighted by atomic mass is 9.65. The lowest BCUT2D eigenvalue weighted by Crippen LogP contribution is -2.41. The van der Waals surface area contributed by atoms with Crippen molar-refractivity contribution in [1.82, 2.24) is 0 Å². The summed E-state index contributed by atoms with van der Waals surface area (Å²) in [5.74, 6) is 0.542. The highest BCUT2D eigenvalue weighted by atomic mass is 16.7. The monoisotopic (exact) mass is 532 g/mol. The number of rotatable bonds is 6. The van der Waals surface area contributed by atoms with Gasteiger partial charge in [-0.2, -0.15) is 0 Å². The fourth-order valence-electron chi connectivity index (χ4n) is 6.27. The first-order chi connectivity index (χ1) is 18.8. The number of hydrogen-bond donors (Lipinski definition) is 1. The van der Waals surface area contributed by atoms with Gasteiger partial charge in [-0.15, -0.1) is 0 Å². The molecule has 0 bridgehead atoms. The van der Waals surface area contributed by atoms with Gasteiger partial charge in [-0.25, -0.2) is 0 Å². The number of nitrogens with zero attached hydrogens (tertiary/aromatic N) is 2. The van der Waals surface area contributed by atoms with Crippen LogP contribution in [0.1, 0.15) is 28.7 Å². The Hall–Kier alpha value is -4.27. The van der Waals surface area contributed by atoms with E-state index in [1.807, 2.05) is 26.2 Å². The third-order valence-electron chi connectivity index (χ3n) is 8.20. The Morgan fingerprint density at radius 2 is 1.44 bits per heavy atom. The molecule has 1 unspecified atom stereocenters. The largest absolute Gasteiger partial charge is 0.502 e. The Morgan fingerprint density at radius 3 is 2.03 bits per heavy atom. The molecular formula is C30H32N2O7. The van der Waals surface area contributed by atoms with Gasteiger partial charge in [0.1, 0.15) is 0 Å². The van der Waals surface area contributed by atoms with Crippen LogP contribution in [0.5, 0.6) is 28.7 Å². The molecular weight excluding hydrogens is 500 g/mol. The van der Waals surface area contributed by atoms with E-state index in [4.69, 9.17) is 23.7 Å². The second-order valence-corrected chi connectivity index (χ2v) is 10.4. The summed E-state index contributed by atoms with van der Waals surface area (Å²) in [4.78, 5) is 17.7. The third kappa shape index (κ3) is 3.95. The van der Waals surface area contributed by atoms with E-state index in [0.29, 0.717) is 18.1 Å². The molecule has 1 N–H and O–H groups in total. The van der Waals surface area contributed by atoms with Crippen LogP contribution in [0.3, 0.4) is 0 Å². The van der Waals surface area contributed by atoms with Gasteiger partial charge >= 0.3 is 5.97 Å². The number of cyclic esters (lactones) is 1. The molecule has 0 amide bonds. The molecule has 2 heterocycles. The van der Waals surface area contributed by atoms with Crippen LogP contribution in [0, 0.1) is 11.8 Å². The van der Waals surface area contributed by atoms with Crippen molar-refractivity contribution in [1.29, 1.82) is 0 Å². The molecule has 1 saturated heterocycles. The number of phenolic OH excluding ortho intramolecular Hbond substituents is 1. The van der Waals surface area contributed by atoms with E-state index < -0.39 is 5.92 Å². The smallest absolute Gasteiger partial charge is 0.310 e. The molecule has 3 aliphatic rings. The van der Waals surface area contributed by atoms with Crippen molar-refractivity contribution < 1.29 is 33.6 Å². The van der Waals surface area contributed by atoms with E-state index in [0.717, 1.165) is 28.1 Å². The Labute approximate surface area is 227 Å². The Balaban J connectivity index is 1.54. The summed E-state index contributed by atoms with van der Waals surface area (Å²) < 4.78 is 28.2. The molecule has 3 aromatic carbocycles. The molecule has 204 valence electrons. The van der Waals surface area contributed by atoms with Crippen molar-refractivity contribution in [2.45, 2.75) is 12.0 Å². The zero-order valence-corrected chi connectivity index (χ0v) is 22.6. The molecule has 0 radical (unpaired) electrons. The minimum Gasteiger partial charge on any atom is -0.502 e. The number of hydrogen-bond acceptors (Lipinski definition) is 9. The average molecular weight is 533 g/mol. The lowest BCUT2D eigenvalue weighted by molar-refractivity contribution is -0.141. The van der Waals surface area contributed by atoms with Gasteiger partial charge < -0.3 is 38.6 Å². The summed E-state index contributed by atoms with van der Waals surface area (Å²) >= 11 is 0. The van der Waals surface area contributed by atoms with E-state index in [9.17, 15) is 9.90 Å². The van der Waals surface area contributed by atoms with Gasteiger partial charge in [-0.05, 0) is 65.2 Å². The number of anilines is 2. The quantitative estimate of drug-likeness (QED) is 0.466. The minimum absolute atomic E-state index is 0.0881. The second-order valence-electron chi connectivity index (χ2n) is 10.4. The second kappa shape index (κ2) is 9.48. The Kier molecular flexibility index (Phi) is 6.09. The number of fused-ring (bicyclic) bond motifs is 3. The maximum absolute atomic E-state index is 13.4. The third-order valence-corrected chi connectivity index (χ3v) is 8.20. The number of carbonyl (C=O) groups excluding carboxylic acids is 1. The maximum atomic E-state index is 13.4. The highest BCUT2D eigenvalue weighted by Crippen LogP contribution is 2.57. The minimum atomic E-state index is -0.467. The van der Waals surface area contributed by atoms with Crippen LogP contribution in [0.4, 0.5) is 11.4 Å². The number of aromatic hydroxyl groups is 1. The average Bonchev–Trinajstić information content (AvgIpc) is 3.56. The highest BCUT2D eigenvalue weighted by Gasteiger charge is 2.53. The topological polar surface area (TPSA) is 89.9 Å². The fraction of sp³-hybridized carbons (Fsp3) is 0.367. The van der Waals surface area contributed by atoms with Crippen LogP contribution < -0.4 is 28.7 Å². The van der Waals surface area contributed by atoms with Crippen LogP contribution in [0.25, 0.3) is 0 Å². The predicted octanol–water partition coefficient (Wildman–Crippen LogP) is 4.32. The van der Waals surface area contributed by atoms with Crippen molar-refractivity contribution >= 4 is 17.3 Å². The fourth-order valence-corrected chi connectivity index (χ4v) is 6.27. The van der Waals surface area contributed by atoms with Gasteiger partial charge in [0.15, 0.2) is 23.0 Å². The summed E-state index contributed by atoms with van der Waals surface area (Å²) in [7, 11) is 9.06. The lowest BCUT2D eigenvalue weighted by Gasteiger charge is -2.44. The zero-order chi connectivity index (χ0) is 27.4. The van der Waals surface area contributed by atoms with E-state index in [1.165, 1.54) is 14.2 Å². The van der Waals surface area contributed by atoms with Crippen molar-refractivity contribution in [3.63, 3.8) is 0 Å². The number of ether oxygens (including phenoxy) is 5. The van der Waals surface area contributed by atoms with Crippen LogP contribution >= 0.6 is 0 Å². The summed E-state index contributed by atoms with van der Waals surface area (Å²) in [6.07, 6.45) is 0. The molecule has 9 nitrogen and oxygen atoms in total. The molecule has 39 heavy (non-hydrogen) atoms.